The lowest BCUT2D eigenvalue weighted by molar-refractivity contribution is 0.586. The first-order valence-corrected chi connectivity index (χ1v) is 13.1. The van der Waals surface area contributed by atoms with Gasteiger partial charge in [-0.15, -0.1) is 5.10 Å². The van der Waals surface area contributed by atoms with Gasteiger partial charge in [-0.25, -0.2) is 24.6 Å². The molecule has 190 valence electrons. The molecule has 0 bridgehead atoms. The van der Waals surface area contributed by atoms with Crippen LogP contribution in [0.5, 0.6) is 0 Å². The average molecular weight is 505 g/mol. The lowest BCUT2D eigenvalue weighted by Crippen LogP contribution is -2.44. The Hall–Kier alpha value is -4.44. The van der Waals surface area contributed by atoms with Gasteiger partial charge in [-0.2, -0.15) is 0 Å². The molecule has 4 aromatic heterocycles. The SMILES string of the molecule is c1ccc(Cn2cnc(Nc3cc(-c4nc(N5CCNCC5)c5c(C6CC6)cncc5n4)ccn3)n2)cc1. The number of nitrogens with one attached hydrogen (secondary N) is 2. The number of fused-ring (bicyclic) bond motifs is 1. The van der Waals surface area contributed by atoms with Crippen LogP contribution in [0.3, 0.4) is 0 Å². The van der Waals surface area contributed by atoms with Crippen molar-refractivity contribution in [2.24, 2.45) is 0 Å². The van der Waals surface area contributed by atoms with Gasteiger partial charge in [-0.05, 0) is 42.0 Å². The fourth-order valence-electron chi connectivity index (χ4n) is 4.98. The van der Waals surface area contributed by atoms with E-state index in [2.05, 4.69) is 47.7 Å². The zero-order valence-corrected chi connectivity index (χ0v) is 21.0. The third-order valence-corrected chi connectivity index (χ3v) is 7.03. The van der Waals surface area contributed by atoms with Gasteiger partial charge in [-0.3, -0.25) is 4.98 Å². The van der Waals surface area contributed by atoms with Crippen molar-refractivity contribution in [2.75, 3.05) is 36.4 Å². The standard InChI is InChI=1S/C28H28N10/c1-2-4-19(5-3-1)17-38-18-32-28(36-38)34-24-14-21(8-9-31-24)26-33-23-16-30-15-22(20-6-7-20)25(23)27(35-26)37-12-10-29-11-13-37/h1-5,8-9,14-16,18,20,29H,6-7,10-13,17H2,(H,31,34,36). The molecule has 1 saturated heterocycles. The third-order valence-electron chi connectivity index (χ3n) is 7.03. The molecular weight excluding hydrogens is 476 g/mol. The van der Waals surface area contributed by atoms with Gasteiger partial charge in [0.2, 0.25) is 5.95 Å². The van der Waals surface area contributed by atoms with E-state index < -0.39 is 0 Å². The number of aromatic nitrogens is 7. The summed E-state index contributed by atoms with van der Waals surface area (Å²) in [5.74, 6) is 3.35. The van der Waals surface area contributed by atoms with E-state index in [0.29, 0.717) is 30.1 Å². The van der Waals surface area contributed by atoms with Crippen LogP contribution >= 0.6 is 0 Å². The van der Waals surface area contributed by atoms with Crippen LogP contribution in [0.25, 0.3) is 22.3 Å². The number of hydrogen-bond acceptors (Lipinski definition) is 9. The van der Waals surface area contributed by atoms with Gasteiger partial charge < -0.3 is 15.5 Å². The number of rotatable bonds is 7. The number of nitrogens with zero attached hydrogens (tertiary/aromatic N) is 8. The van der Waals surface area contributed by atoms with Gasteiger partial charge in [0.25, 0.3) is 0 Å². The fraction of sp³-hybridized carbons (Fsp3) is 0.286. The van der Waals surface area contributed by atoms with Crippen molar-refractivity contribution >= 4 is 28.5 Å². The van der Waals surface area contributed by atoms with Crippen molar-refractivity contribution in [1.82, 2.24) is 40.0 Å². The van der Waals surface area contributed by atoms with Gasteiger partial charge in [0, 0.05) is 49.5 Å². The lowest BCUT2D eigenvalue weighted by atomic mass is 10.1. The summed E-state index contributed by atoms with van der Waals surface area (Å²) in [6.45, 7) is 4.37. The van der Waals surface area contributed by atoms with E-state index in [-0.39, 0.29) is 0 Å². The molecule has 10 heteroatoms. The number of pyridine rings is 2. The molecule has 10 nitrogen and oxygen atoms in total. The Labute approximate surface area is 220 Å². The first-order valence-electron chi connectivity index (χ1n) is 13.1. The number of benzene rings is 1. The predicted molar refractivity (Wildman–Crippen MR) is 146 cm³/mol. The highest BCUT2D eigenvalue weighted by Gasteiger charge is 2.29. The summed E-state index contributed by atoms with van der Waals surface area (Å²) in [7, 11) is 0. The van der Waals surface area contributed by atoms with Crippen LogP contribution in [0.4, 0.5) is 17.6 Å². The highest BCUT2D eigenvalue weighted by Crippen LogP contribution is 2.44. The summed E-state index contributed by atoms with van der Waals surface area (Å²) in [5.41, 5.74) is 4.20. The summed E-state index contributed by atoms with van der Waals surface area (Å²) < 4.78 is 1.80. The van der Waals surface area contributed by atoms with Crippen molar-refractivity contribution in [1.29, 1.82) is 0 Å². The molecule has 0 spiro atoms. The maximum absolute atomic E-state index is 5.13. The normalized spacial score (nSPS) is 15.6. The first-order chi connectivity index (χ1) is 18.8. The van der Waals surface area contributed by atoms with Crippen LogP contribution in [-0.2, 0) is 6.54 Å². The zero-order valence-electron chi connectivity index (χ0n) is 21.0. The molecule has 1 aliphatic carbocycles. The molecule has 5 aromatic rings. The highest BCUT2D eigenvalue weighted by molar-refractivity contribution is 5.94. The van der Waals surface area contributed by atoms with Crippen LogP contribution in [-0.4, -0.2) is 60.9 Å². The highest BCUT2D eigenvalue weighted by atomic mass is 15.4. The number of hydrogen-bond donors (Lipinski definition) is 2. The van der Waals surface area contributed by atoms with Crippen molar-refractivity contribution in [3.63, 3.8) is 0 Å². The van der Waals surface area contributed by atoms with E-state index in [1.54, 1.807) is 17.2 Å². The monoisotopic (exact) mass is 504 g/mol. The largest absolute Gasteiger partial charge is 0.353 e. The minimum absolute atomic E-state index is 0.491. The van der Waals surface area contributed by atoms with E-state index in [4.69, 9.17) is 9.97 Å². The maximum atomic E-state index is 5.13. The van der Waals surface area contributed by atoms with Gasteiger partial charge in [0.05, 0.1) is 18.3 Å². The van der Waals surface area contributed by atoms with E-state index >= 15 is 0 Å². The Balaban J connectivity index is 1.20. The minimum atomic E-state index is 0.491. The Morgan fingerprint density at radius 3 is 2.68 bits per heavy atom. The molecule has 0 radical (unpaired) electrons. The van der Waals surface area contributed by atoms with Gasteiger partial charge in [-0.1, -0.05) is 30.3 Å². The second-order valence-electron chi connectivity index (χ2n) is 9.81. The fourth-order valence-corrected chi connectivity index (χ4v) is 4.98. The molecule has 2 N–H and O–H groups in total. The number of anilines is 3. The summed E-state index contributed by atoms with van der Waals surface area (Å²) in [6, 6.07) is 14.1. The molecule has 1 aliphatic heterocycles. The molecule has 5 heterocycles. The van der Waals surface area contributed by atoms with Crippen LogP contribution in [0.2, 0.25) is 0 Å². The molecular formula is C28H28N10. The Morgan fingerprint density at radius 1 is 0.974 bits per heavy atom. The predicted octanol–water partition coefficient (Wildman–Crippen LogP) is 3.76. The molecule has 0 atom stereocenters. The smallest absolute Gasteiger partial charge is 0.247 e. The molecule has 2 aliphatic rings. The summed E-state index contributed by atoms with van der Waals surface area (Å²) >= 11 is 0. The van der Waals surface area contributed by atoms with Gasteiger partial charge in [0.1, 0.15) is 18.0 Å². The molecule has 1 aromatic carbocycles. The van der Waals surface area contributed by atoms with Gasteiger partial charge in [0.15, 0.2) is 5.82 Å². The van der Waals surface area contributed by atoms with Crippen LogP contribution in [0.15, 0.2) is 67.4 Å². The zero-order chi connectivity index (χ0) is 25.3. The third kappa shape index (κ3) is 4.66. The van der Waals surface area contributed by atoms with Crippen LogP contribution < -0.4 is 15.5 Å². The second kappa shape index (κ2) is 9.79. The van der Waals surface area contributed by atoms with Crippen molar-refractivity contribution in [2.45, 2.75) is 25.3 Å². The Morgan fingerprint density at radius 2 is 1.84 bits per heavy atom. The molecule has 0 amide bonds. The molecule has 7 rings (SSSR count). The molecule has 1 saturated carbocycles. The summed E-state index contributed by atoms with van der Waals surface area (Å²) in [5, 5.41) is 12.4. The van der Waals surface area contributed by atoms with E-state index in [0.717, 1.165) is 54.0 Å². The van der Waals surface area contributed by atoms with E-state index in [1.165, 1.54) is 18.4 Å². The Kier molecular flexibility index (Phi) is 5.86. The topological polar surface area (TPSA) is 110 Å². The molecule has 2 fully saturated rings. The quantitative estimate of drug-likeness (QED) is 0.342. The van der Waals surface area contributed by atoms with Crippen LogP contribution in [0.1, 0.15) is 29.9 Å². The Bertz CT molecular complexity index is 1570. The lowest BCUT2D eigenvalue weighted by Gasteiger charge is -2.30. The van der Waals surface area contributed by atoms with Crippen molar-refractivity contribution in [3.8, 4) is 11.4 Å². The maximum Gasteiger partial charge on any atom is 0.247 e. The van der Waals surface area contributed by atoms with E-state index in [9.17, 15) is 0 Å². The molecule has 0 unspecified atom stereocenters. The minimum Gasteiger partial charge on any atom is -0.353 e. The second-order valence-corrected chi connectivity index (χ2v) is 9.81. The summed E-state index contributed by atoms with van der Waals surface area (Å²) in [6.07, 6.45) is 9.76. The first kappa shape index (κ1) is 22.7. The number of piperazine rings is 1. The van der Waals surface area contributed by atoms with Gasteiger partial charge >= 0.3 is 0 Å². The summed E-state index contributed by atoms with van der Waals surface area (Å²) in [4.78, 5) is 25.9. The van der Waals surface area contributed by atoms with Crippen molar-refractivity contribution < 1.29 is 0 Å². The average Bonchev–Trinajstić information content (AvgIpc) is 3.73. The van der Waals surface area contributed by atoms with Crippen LogP contribution in [0, 0.1) is 0 Å². The van der Waals surface area contributed by atoms with Crippen molar-refractivity contribution in [3.05, 3.63) is 78.5 Å². The van der Waals surface area contributed by atoms with E-state index in [1.807, 2.05) is 42.7 Å². The molecule has 38 heavy (non-hydrogen) atoms.